The summed E-state index contributed by atoms with van der Waals surface area (Å²) in [4.78, 5) is 26.3. The van der Waals surface area contributed by atoms with Crippen molar-refractivity contribution in [1.82, 2.24) is 9.47 Å². The third kappa shape index (κ3) is 4.40. The Bertz CT molecular complexity index is 1140. The number of nitrogens with zero attached hydrogens (tertiary/aromatic N) is 2. The quantitative estimate of drug-likeness (QED) is 0.552. The van der Waals surface area contributed by atoms with Crippen molar-refractivity contribution in [3.63, 3.8) is 0 Å². The molecule has 1 aliphatic rings. The van der Waals surface area contributed by atoms with E-state index in [0.29, 0.717) is 31.1 Å². The predicted octanol–water partition coefficient (Wildman–Crippen LogP) is 2.96. The molecule has 4 N–H and O–H groups in total. The molecule has 4 rings (SSSR count). The van der Waals surface area contributed by atoms with Crippen molar-refractivity contribution < 1.29 is 19.8 Å². The second-order valence-electron chi connectivity index (χ2n) is 8.81. The van der Waals surface area contributed by atoms with Gasteiger partial charge in [0, 0.05) is 36.9 Å². The van der Waals surface area contributed by atoms with Gasteiger partial charge >= 0.3 is 5.97 Å². The molecule has 32 heavy (non-hydrogen) atoms. The fourth-order valence-corrected chi connectivity index (χ4v) is 4.43. The van der Waals surface area contributed by atoms with E-state index < -0.39 is 11.6 Å². The highest BCUT2D eigenvalue weighted by molar-refractivity contribution is 5.98. The van der Waals surface area contributed by atoms with Crippen LogP contribution in [0.5, 0.6) is 0 Å². The lowest BCUT2D eigenvalue weighted by atomic mass is 9.88. The number of aliphatic hydroxyl groups is 1. The van der Waals surface area contributed by atoms with Crippen LogP contribution in [0.25, 0.3) is 10.9 Å². The maximum Gasteiger partial charge on any atom is 0.337 e. The Balaban J connectivity index is 1.48. The minimum atomic E-state index is -1.89. The molecule has 1 fully saturated rings. The number of nitrogens with two attached hydrogens (primary N) is 1. The van der Waals surface area contributed by atoms with Gasteiger partial charge in [0.1, 0.15) is 0 Å². The van der Waals surface area contributed by atoms with Crippen LogP contribution in [0.4, 0.5) is 0 Å². The molecule has 0 saturated carbocycles. The lowest BCUT2D eigenvalue weighted by Crippen LogP contribution is -2.39. The van der Waals surface area contributed by atoms with E-state index in [9.17, 15) is 19.8 Å². The number of amides is 1. The standard InChI is InChI=1S/C25H29N3O4/c1-25(32,24(30)31)16-28-12-9-19-5-6-21(14-22(19)28)23(29)27-10-7-18(8-11-27)20-4-2-3-17(13-20)15-26/h2-6,9,12-14,18,32H,7-8,10-11,15-16,26H2,1H3,(H,30,31). The molecule has 1 atom stereocenters. The van der Waals surface area contributed by atoms with E-state index in [1.54, 1.807) is 22.9 Å². The Morgan fingerprint density at radius 1 is 1.12 bits per heavy atom. The van der Waals surface area contributed by atoms with Crippen LogP contribution in [-0.4, -0.2) is 50.2 Å². The maximum absolute atomic E-state index is 13.2. The topological polar surface area (TPSA) is 109 Å². The number of piperidine rings is 1. The summed E-state index contributed by atoms with van der Waals surface area (Å²) in [7, 11) is 0. The van der Waals surface area contributed by atoms with Crippen LogP contribution in [0.15, 0.2) is 54.7 Å². The summed E-state index contributed by atoms with van der Waals surface area (Å²) < 4.78 is 1.68. The Morgan fingerprint density at radius 3 is 2.56 bits per heavy atom. The molecule has 1 aliphatic heterocycles. The Kier molecular flexibility index (Phi) is 6.04. The first kappa shape index (κ1) is 22.0. The smallest absolute Gasteiger partial charge is 0.337 e. The average molecular weight is 436 g/mol. The second kappa shape index (κ2) is 8.76. The van der Waals surface area contributed by atoms with Crippen LogP contribution in [0, 0.1) is 0 Å². The van der Waals surface area contributed by atoms with Crippen molar-refractivity contribution in [3.8, 4) is 0 Å². The van der Waals surface area contributed by atoms with Gasteiger partial charge in [-0.05, 0) is 60.4 Å². The van der Waals surface area contributed by atoms with Crippen molar-refractivity contribution in [3.05, 3.63) is 71.4 Å². The fraction of sp³-hybridized carbons (Fsp3) is 0.360. The molecule has 7 heteroatoms. The second-order valence-corrected chi connectivity index (χ2v) is 8.81. The van der Waals surface area contributed by atoms with Crippen molar-refractivity contribution in [2.75, 3.05) is 13.1 Å². The normalized spacial score (nSPS) is 16.8. The van der Waals surface area contributed by atoms with Gasteiger partial charge in [0.05, 0.1) is 6.54 Å². The van der Waals surface area contributed by atoms with E-state index in [4.69, 9.17) is 5.73 Å². The van der Waals surface area contributed by atoms with E-state index in [0.717, 1.165) is 29.3 Å². The summed E-state index contributed by atoms with van der Waals surface area (Å²) >= 11 is 0. The summed E-state index contributed by atoms with van der Waals surface area (Å²) in [6.45, 7) is 3.06. The number of aliphatic carboxylic acids is 1. The molecule has 0 bridgehead atoms. The summed E-state index contributed by atoms with van der Waals surface area (Å²) in [6, 6.07) is 15.7. The largest absolute Gasteiger partial charge is 0.479 e. The predicted molar refractivity (Wildman–Crippen MR) is 122 cm³/mol. The highest BCUT2D eigenvalue weighted by Gasteiger charge is 2.31. The zero-order valence-corrected chi connectivity index (χ0v) is 18.2. The van der Waals surface area contributed by atoms with Gasteiger partial charge in [-0.3, -0.25) is 4.79 Å². The van der Waals surface area contributed by atoms with Gasteiger partial charge in [-0.1, -0.05) is 30.3 Å². The van der Waals surface area contributed by atoms with E-state index in [1.807, 2.05) is 29.2 Å². The van der Waals surface area contributed by atoms with Crippen LogP contribution >= 0.6 is 0 Å². The van der Waals surface area contributed by atoms with Crippen molar-refractivity contribution >= 4 is 22.8 Å². The van der Waals surface area contributed by atoms with Gasteiger partial charge < -0.3 is 25.4 Å². The minimum absolute atomic E-state index is 0.0289. The molecular formula is C25H29N3O4. The number of carbonyl (C=O) groups excluding carboxylic acids is 1. The number of carboxylic acids is 1. The lowest BCUT2D eigenvalue weighted by Gasteiger charge is -2.32. The number of hydrogen-bond donors (Lipinski definition) is 3. The zero-order valence-electron chi connectivity index (χ0n) is 18.2. The number of aromatic nitrogens is 1. The first-order chi connectivity index (χ1) is 15.3. The van der Waals surface area contributed by atoms with Crippen molar-refractivity contribution in [1.29, 1.82) is 0 Å². The zero-order chi connectivity index (χ0) is 22.9. The first-order valence-electron chi connectivity index (χ1n) is 10.9. The van der Waals surface area contributed by atoms with Crippen LogP contribution in [0.3, 0.4) is 0 Å². The molecule has 2 heterocycles. The summed E-state index contributed by atoms with van der Waals surface area (Å²) in [5.74, 6) is -0.895. The molecule has 1 saturated heterocycles. The Hall–Kier alpha value is -3.16. The molecular weight excluding hydrogens is 406 g/mol. The fourth-order valence-electron chi connectivity index (χ4n) is 4.43. The average Bonchev–Trinajstić information content (AvgIpc) is 3.20. The van der Waals surface area contributed by atoms with Crippen molar-refractivity contribution in [2.24, 2.45) is 5.73 Å². The summed E-state index contributed by atoms with van der Waals surface area (Å²) in [5, 5.41) is 20.3. The summed E-state index contributed by atoms with van der Waals surface area (Å²) in [5.41, 5.74) is 7.57. The molecule has 1 amide bonds. The number of fused-ring (bicyclic) bond motifs is 1. The lowest BCUT2D eigenvalue weighted by molar-refractivity contribution is -0.157. The monoisotopic (exact) mass is 435 g/mol. The van der Waals surface area contributed by atoms with Crippen LogP contribution in [-0.2, 0) is 17.9 Å². The number of benzene rings is 2. The SMILES string of the molecule is CC(O)(Cn1ccc2ccc(C(=O)N3CCC(c4cccc(CN)c4)CC3)cc21)C(=O)O. The van der Waals surface area contributed by atoms with Crippen LogP contribution in [0.1, 0.15) is 47.2 Å². The molecule has 0 aliphatic carbocycles. The van der Waals surface area contributed by atoms with Gasteiger partial charge in [-0.2, -0.15) is 0 Å². The molecule has 2 aromatic carbocycles. The van der Waals surface area contributed by atoms with Crippen LogP contribution in [0.2, 0.25) is 0 Å². The number of carbonyl (C=O) groups is 2. The Morgan fingerprint density at radius 2 is 1.88 bits per heavy atom. The first-order valence-corrected chi connectivity index (χ1v) is 10.9. The van der Waals surface area contributed by atoms with Gasteiger partial charge in [-0.25, -0.2) is 4.79 Å². The third-order valence-corrected chi connectivity index (χ3v) is 6.40. The highest BCUT2D eigenvalue weighted by Crippen LogP contribution is 2.30. The molecule has 0 radical (unpaired) electrons. The van der Waals surface area contributed by atoms with E-state index >= 15 is 0 Å². The van der Waals surface area contributed by atoms with E-state index in [-0.39, 0.29) is 12.5 Å². The van der Waals surface area contributed by atoms with Gasteiger partial charge in [0.25, 0.3) is 5.91 Å². The molecule has 1 unspecified atom stereocenters. The van der Waals surface area contributed by atoms with Crippen molar-refractivity contribution in [2.45, 2.75) is 44.4 Å². The number of carboxylic acid groups (broad SMARTS) is 1. The number of hydrogen-bond acceptors (Lipinski definition) is 4. The highest BCUT2D eigenvalue weighted by atomic mass is 16.4. The molecule has 7 nitrogen and oxygen atoms in total. The number of rotatable bonds is 6. The van der Waals surface area contributed by atoms with E-state index in [2.05, 4.69) is 12.1 Å². The molecule has 0 spiro atoms. The van der Waals surface area contributed by atoms with Gasteiger partial charge in [-0.15, -0.1) is 0 Å². The molecule has 3 aromatic rings. The third-order valence-electron chi connectivity index (χ3n) is 6.40. The Labute approximate surface area is 187 Å². The summed E-state index contributed by atoms with van der Waals surface area (Å²) in [6.07, 6.45) is 3.54. The molecule has 168 valence electrons. The minimum Gasteiger partial charge on any atom is -0.479 e. The maximum atomic E-state index is 13.2. The van der Waals surface area contributed by atoms with Gasteiger partial charge in [0.2, 0.25) is 0 Å². The number of likely N-dealkylation sites (tertiary alicyclic amines) is 1. The van der Waals surface area contributed by atoms with Crippen LogP contribution < -0.4 is 5.73 Å². The van der Waals surface area contributed by atoms with E-state index in [1.165, 1.54) is 12.5 Å². The van der Waals surface area contributed by atoms with Gasteiger partial charge in [0.15, 0.2) is 5.60 Å². The molecule has 1 aromatic heterocycles.